The second-order valence-electron chi connectivity index (χ2n) is 9.01. The summed E-state index contributed by atoms with van der Waals surface area (Å²) in [6.45, 7) is 10.4. The molecule has 2 saturated heterocycles. The lowest BCUT2D eigenvalue weighted by atomic mass is 9.78. The Kier molecular flexibility index (Phi) is 4.66. The third kappa shape index (κ3) is 3.40. The van der Waals surface area contributed by atoms with Crippen LogP contribution in [0.15, 0.2) is 12.1 Å². The minimum atomic E-state index is -0.609. The Morgan fingerprint density at radius 1 is 1.31 bits per heavy atom. The van der Waals surface area contributed by atoms with Gasteiger partial charge in [0.15, 0.2) is 0 Å². The van der Waals surface area contributed by atoms with E-state index >= 15 is 0 Å². The van der Waals surface area contributed by atoms with Crippen LogP contribution in [0.25, 0.3) is 10.9 Å². The largest absolute Gasteiger partial charge is 0.495 e. The predicted molar refractivity (Wildman–Crippen MR) is 108 cm³/mol. The van der Waals surface area contributed by atoms with Gasteiger partial charge in [0.05, 0.1) is 22.1 Å². The Bertz CT molecular complexity index is 958. The molecule has 2 aliphatic rings. The highest BCUT2D eigenvalue weighted by molar-refractivity contribution is 6.62. The summed E-state index contributed by atoms with van der Waals surface area (Å²) in [5, 5.41) is 7.41. The van der Waals surface area contributed by atoms with Gasteiger partial charge in [-0.1, -0.05) is 0 Å². The van der Waals surface area contributed by atoms with Gasteiger partial charge in [-0.25, -0.2) is 4.68 Å². The summed E-state index contributed by atoms with van der Waals surface area (Å²) in [5.74, 6) is -0.0557. The number of rotatable bonds is 4. The molecule has 3 heterocycles. The minimum Gasteiger partial charge on any atom is -0.489 e. The van der Waals surface area contributed by atoms with Crippen LogP contribution in [0, 0.1) is 11.9 Å². The fraction of sp³-hybridized carbons (Fsp3) is 0.600. The van der Waals surface area contributed by atoms with Crippen LogP contribution in [0.4, 0.5) is 4.39 Å². The van der Waals surface area contributed by atoms with E-state index in [1.54, 1.807) is 19.2 Å². The molecule has 1 aromatic heterocycles. The van der Waals surface area contributed by atoms with Crippen LogP contribution in [0.1, 0.15) is 41.0 Å². The summed E-state index contributed by atoms with van der Waals surface area (Å²) in [6, 6.07) is 3.54. The van der Waals surface area contributed by atoms with Crippen LogP contribution in [-0.4, -0.2) is 46.7 Å². The lowest BCUT2D eigenvalue weighted by Gasteiger charge is -2.32. The summed E-state index contributed by atoms with van der Waals surface area (Å²) < 4.78 is 34.4. The Labute approximate surface area is 170 Å². The first-order chi connectivity index (χ1) is 13.5. The molecule has 2 aromatic rings. The number of aromatic nitrogens is 2. The van der Waals surface area contributed by atoms with Crippen molar-refractivity contribution in [1.29, 1.82) is 0 Å². The van der Waals surface area contributed by atoms with Crippen molar-refractivity contribution < 1.29 is 23.2 Å². The summed E-state index contributed by atoms with van der Waals surface area (Å²) in [7, 11) is 0.943. The Hall–Kier alpha value is -2.13. The number of halogens is 1. The zero-order chi connectivity index (χ0) is 21.1. The number of fused-ring (bicyclic) bond motifs is 1. The number of carbonyl (C=O) groups excluding carboxylic acids is 1. The average Bonchev–Trinajstić information content (AvgIpc) is 3.23. The number of nitrogens with zero attached hydrogens (tertiary/aromatic N) is 2. The summed E-state index contributed by atoms with van der Waals surface area (Å²) >= 11 is 0. The number of aryl methyl sites for hydroxylation is 1. The molecule has 9 heteroatoms. The SMILES string of the molecule is CC(Oc1cc(B2OC(C)(C)C(C)(C)O2)cc2nn(C)c(F)c12)[C@H]1CNC(=O)C1. The van der Waals surface area contributed by atoms with Gasteiger partial charge in [-0.05, 0) is 52.2 Å². The van der Waals surface area contributed by atoms with E-state index in [4.69, 9.17) is 14.0 Å². The fourth-order valence-electron chi connectivity index (χ4n) is 3.74. The van der Waals surface area contributed by atoms with Gasteiger partial charge in [-0.2, -0.15) is 9.49 Å². The van der Waals surface area contributed by atoms with Crippen molar-refractivity contribution in [3.05, 3.63) is 18.1 Å². The van der Waals surface area contributed by atoms with Crippen LogP contribution < -0.4 is 15.5 Å². The van der Waals surface area contributed by atoms with E-state index in [-0.39, 0.29) is 17.9 Å². The third-order valence-electron chi connectivity index (χ3n) is 6.36. The minimum absolute atomic E-state index is 0.00845. The molecule has 7 nitrogen and oxygen atoms in total. The van der Waals surface area contributed by atoms with Crippen LogP contribution in [-0.2, 0) is 21.2 Å². The first-order valence-corrected chi connectivity index (χ1v) is 9.93. The topological polar surface area (TPSA) is 74.6 Å². The van der Waals surface area contributed by atoms with E-state index in [1.807, 2.05) is 34.6 Å². The second-order valence-corrected chi connectivity index (χ2v) is 9.01. The van der Waals surface area contributed by atoms with Gasteiger partial charge in [0.1, 0.15) is 11.9 Å². The molecule has 2 aliphatic heterocycles. The Morgan fingerprint density at radius 3 is 2.55 bits per heavy atom. The van der Waals surface area contributed by atoms with Crippen molar-refractivity contribution in [3.63, 3.8) is 0 Å². The molecule has 4 rings (SSSR count). The molecule has 2 atom stereocenters. The Morgan fingerprint density at radius 2 is 1.97 bits per heavy atom. The molecular formula is C20H27BFN3O4. The van der Waals surface area contributed by atoms with Gasteiger partial charge in [-0.15, -0.1) is 0 Å². The van der Waals surface area contributed by atoms with Crippen molar-refractivity contribution in [1.82, 2.24) is 15.1 Å². The molecule has 0 aliphatic carbocycles. The summed E-state index contributed by atoms with van der Waals surface area (Å²) in [6.07, 6.45) is 0.127. The molecule has 2 fully saturated rings. The lowest BCUT2D eigenvalue weighted by molar-refractivity contribution is -0.119. The molecule has 1 unspecified atom stereocenters. The number of ether oxygens (including phenoxy) is 1. The van der Waals surface area contributed by atoms with Crippen molar-refractivity contribution >= 4 is 29.4 Å². The van der Waals surface area contributed by atoms with Crippen LogP contribution >= 0.6 is 0 Å². The van der Waals surface area contributed by atoms with Crippen LogP contribution in [0.2, 0.25) is 0 Å². The highest BCUT2D eigenvalue weighted by Crippen LogP contribution is 2.37. The molecular weight excluding hydrogens is 376 g/mol. The maximum atomic E-state index is 14.8. The quantitative estimate of drug-likeness (QED) is 0.790. The first-order valence-electron chi connectivity index (χ1n) is 9.93. The zero-order valence-corrected chi connectivity index (χ0v) is 17.7. The highest BCUT2D eigenvalue weighted by atomic mass is 19.1. The summed E-state index contributed by atoms with van der Waals surface area (Å²) in [4.78, 5) is 11.6. The second kappa shape index (κ2) is 6.70. The van der Waals surface area contributed by atoms with Crippen molar-refractivity contribution in [3.8, 4) is 5.75 Å². The molecule has 29 heavy (non-hydrogen) atoms. The summed E-state index contributed by atoms with van der Waals surface area (Å²) in [5.41, 5.74) is 0.204. The molecule has 156 valence electrons. The first kappa shape index (κ1) is 20.2. The molecule has 0 saturated carbocycles. The van der Waals surface area contributed by atoms with Gasteiger partial charge in [0.25, 0.3) is 0 Å². The number of amides is 1. The maximum absolute atomic E-state index is 14.8. The fourth-order valence-corrected chi connectivity index (χ4v) is 3.74. The van der Waals surface area contributed by atoms with E-state index in [2.05, 4.69) is 10.4 Å². The van der Waals surface area contributed by atoms with Gasteiger partial charge in [0.2, 0.25) is 11.9 Å². The number of carbonyl (C=O) groups is 1. The lowest BCUT2D eigenvalue weighted by Crippen LogP contribution is -2.41. The highest BCUT2D eigenvalue weighted by Gasteiger charge is 2.52. The number of nitrogens with one attached hydrogen (secondary N) is 1. The van der Waals surface area contributed by atoms with Crippen molar-refractivity contribution in [2.45, 2.75) is 58.3 Å². The molecule has 1 aromatic carbocycles. The van der Waals surface area contributed by atoms with Gasteiger partial charge in [0, 0.05) is 25.9 Å². The van der Waals surface area contributed by atoms with Crippen molar-refractivity contribution in [2.24, 2.45) is 13.0 Å². The third-order valence-corrected chi connectivity index (χ3v) is 6.36. The normalized spacial score (nSPS) is 24.2. The number of benzene rings is 1. The number of hydrogen-bond donors (Lipinski definition) is 1. The van der Waals surface area contributed by atoms with Gasteiger partial charge < -0.3 is 19.4 Å². The van der Waals surface area contributed by atoms with E-state index in [1.165, 1.54) is 4.68 Å². The number of hydrogen-bond acceptors (Lipinski definition) is 5. The Balaban J connectivity index is 1.72. The van der Waals surface area contributed by atoms with E-state index in [0.29, 0.717) is 29.6 Å². The van der Waals surface area contributed by atoms with E-state index in [9.17, 15) is 9.18 Å². The molecule has 0 bridgehead atoms. The molecule has 0 spiro atoms. The molecule has 1 amide bonds. The van der Waals surface area contributed by atoms with Crippen LogP contribution in [0.3, 0.4) is 0 Å². The predicted octanol–water partition coefficient (Wildman–Crippen LogP) is 1.91. The van der Waals surface area contributed by atoms with E-state index < -0.39 is 24.3 Å². The standard InChI is InChI=1S/C20H27BFN3O4/c1-11(12-7-16(26)23-10-12)27-15-9-13(8-14-17(15)18(22)25(6)24-14)21-28-19(2,3)20(4,5)29-21/h8-9,11-12H,7,10H2,1-6H3,(H,23,26)/t11?,12-/m1/s1. The monoisotopic (exact) mass is 403 g/mol. The van der Waals surface area contributed by atoms with Crippen LogP contribution in [0.5, 0.6) is 5.75 Å². The van der Waals surface area contributed by atoms with Gasteiger partial charge >= 0.3 is 7.12 Å². The zero-order valence-electron chi connectivity index (χ0n) is 17.7. The maximum Gasteiger partial charge on any atom is 0.495 e. The smallest absolute Gasteiger partial charge is 0.489 e. The average molecular weight is 403 g/mol. The molecule has 1 N–H and O–H groups in total. The van der Waals surface area contributed by atoms with E-state index in [0.717, 1.165) is 5.46 Å². The molecule has 0 radical (unpaired) electrons. The van der Waals surface area contributed by atoms with Gasteiger partial charge in [-0.3, -0.25) is 4.79 Å². The van der Waals surface area contributed by atoms with Crippen molar-refractivity contribution in [2.75, 3.05) is 6.54 Å².